The third kappa shape index (κ3) is 6.30. The van der Waals surface area contributed by atoms with Gasteiger partial charge in [-0.25, -0.2) is 4.79 Å². The number of rotatable bonds is 4. The van der Waals surface area contributed by atoms with Gasteiger partial charge in [0, 0.05) is 18.7 Å². The average molecular weight is 460 g/mol. The van der Waals surface area contributed by atoms with Crippen LogP contribution in [0.5, 0.6) is 0 Å². The van der Waals surface area contributed by atoms with Gasteiger partial charge in [0.1, 0.15) is 5.60 Å². The van der Waals surface area contributed by atoms with E-state index >= 15 is 0 Å². The molecule has 0 bridgehead atoms. The molecule has 2 saturated heterocycles. The van der Waals surface area contributed by atoms with Crippen molar-refractivity contribution >= 4 is 24.6 Å². The van der Waals surface area contributed by atoms with Gasteiger partial charge in [-0.05, 0) is 72.0 Å². The molecule has 0 unspecified atom stereocenters. The van der Waals surface area contributed by atoms with Crippen LogP contribution in [0.3, 0.4) is 0 Å². The minimum atomic E-state index is -0.527. The lowest BCUT2D eigenvalue weighted by atomic mass is 9.77. The molecular formula is C25H41BN2O5. The molecule has 0 atom stereocenters. The highest BCUT2D eigenvalue weighted by atomic mass is 16.7. The van der Waals surface area contributed by atoms with E-state index in [0.29, 0.717) is 25.1 Å². The van der Waals surface area contributed by atoms with Gasteiger partial charge in [-0.2, -0.15) is 0 Å². The predicted octanol–water partition coefficient (Wildman–Crippen LogP) is 3.92. The summed E-state index contributed by atoms with van der Waals surface area (Å²) in [4.78, 5) is 26.5. The van der Waals surface area contributed by atoms with Crippen molar-refractivity contribution in [2.45, 2.75) is 98.5 Å². The Labute approximate surface area is 199 Å². The highest BCUT2D eigenvalue weighted by Crippen LogP contribution is 2.36. The Morgan fingerprint density at radius 2 is 1.67 bits per heavy atom. The number of ether oxygens (including phenoxy) is 1. The van der Waals surface area contributed by atoms with Gasteiger partial charge in [-0.3, -0.25) is 4.79 Å². The summed E-state index contributed by atoms with van der Waals surface area (Å²) in [5.41, 5.74) is 1.13. The van der Waals surface area contributed by atoms with Crippen LogP contribution in [0.15, 0.2) is 18.2 Å². The van der Waals surface area contributed by atoms with Gasteiger partial charge in [0.05, 0.1) is 17.2 Å². The van der Waals surface area contributed by atoms with Crippen LogP contribution in [0.25, 0.3) is 0 Å². The van der Waals surface area contributed by atoms with Gasteiger partial charge >= 0.3 is 13.2 Å². The fourth-order valence-corrected chi connectivity index (χ4v) is 3.56. The van der Waals surface area contributed by atoms with Crippen molar-refractivity contribution in [3.8, 4) is 0 Å². The molecular weight excluding hydrogens is 419 g/mol. The van der Waals surface area contributed by atoms with E-state index in [0.717, 1.165) is 11.0 Å². The van der Waals surface area contributed by atoms with Gasteiger partial charge in [-0.15, -0.1) is 0 Å². The maximum atomic E-state index is 12.9. The Kier molecular flexibility index (Phi) is 8.29. The number of carbonyl (C=O) groups is 2. The summed E-state index contributed by atoms with van der Waals surface area (Å²) in [6.07, 6.45) is 0.365. The first-order valence-electron chi connectivity index (χ1n) is 12.0. The van der Waals surface area contributed by atoms with Gasteiger partial charge in [-0.1, -0.05) is 32.9 Å². The molecule has 8 heteroatoms. The van der Waals surface area contributed by atoms with Crippen molar-refractivity contribution in [3.63, 3.8) is 0 Å². The third-order valence-electron chi connectivity index (χ3n) is 6.15. The molecule has 2 fully saturated rings. The zero-order valence-corrected chi connectivity index (χ0v) is 22.0. The van der Waals surface area contributed by atoms with E-state index in [1.165, 1.54) is 0 Å². The molecule has 7 nitrogen and oxygen atoms in total. The van der Waals surface area contributed by atoms with Crippen molar-refractivity contribution in [2.75, 3.05) is 13.1 Å². The Morgan fingerprint density at radius 1 is 1.12 bits per heavy atom. The van der Waals surface area contributed by atoms with Crippen LogP contribution in [0.4, 0.5) is 4.79 Å². The molecule has 2 aliphatic heterocycles. The van der Waals surface area contributed by atoms with E-state index in [2.05, 4.69) is 5.32 Å². The van der Waals surface area contributed by atoms with Crippen molar-refractivity contribution in [1.82, 2.24) is 10.2 Å². The zero-order chi connectivity index (χ0) is 25.2. The number of hydrogen-bond donors (Lipinski definition) is 1. The molecule has 2 amide bonds. The summed E-state index contributed by atoms with van der Waals surface area (Å²) in [6.45, 7) is 20.5. The molecule has 33 heavy (non-hydrogen) atoms. The maximum Gasteiger partial charge on any atom is 0.494 e. The number of carbonyl (C=O) groups excluding carboxylic acids is 2. The van der Waals surface area contributed by atoms with Crippen molar-refractivity contribution in [2.24, 2.45) is 0 Å². The Morgan fingerprint density at radius 3 is 2.15 bits per heavy atom. The van der Waals surface area contributed by atoms with Crippen LogP contribution in [0.1, 0.15) is 85.2 Å². The third-order valence-corrected chi connectivity index (χ3v) is 6.15. The predicted molar refractivity (Wildman–Crippen MR) is 132 cm³/mol. The first kappa shape index (κ1) is 27.2. The lowest BCUT2D eigenvalue weighted by Gasteiger charge is -2.40. The fraction of sp³-hybridized carbons (Fsp3) is 0.680. The van der Waals surface area contributed by atoms with Gasteiger partial charge in [0.2, 0.25) is 0 Å². The second-order valence-electron chi connectivity index (χ2n) is 10.4. The first-order valence-corrected chi connectivity index (χ1v) is 12.0. The van der Waals surface area contributed by atoms with Gasteiger partial charge in [0.15, 0.2) is 0 Å². The van der Waals surface area contributed by atoms with Crippen LogP contribution < -0.4 is 10.8 Å². The first-order chi connectivity index (χ1) is 15.2. The SMILES string of the molecule is CC.CCc1cc(B2OC(C)(C)C(C)(C)O2)ccc1C(=O)NC1CN(C(=O)OC(C)(C)C)C1. The zero-order valence-electron chi connectivity index (χ0n) is 22.0. The van der Waals surface area contributed by atoms with E-state index < -0.39 is 23.9 Å². The Bertz CT molecular complexity index is 841. The van der Waals surface area contributed by atoms with E-state index in [9.17, 15) is 9.59 Å². The molecule has 2 heterocycles. The maximum absolute atomic E-state index is 12.9. The van der Waals surface area contributed by atoms with Crippen molar-refractivity contribution in [3.05, 3.63) is 29.3 Å². The Hall–Kier alpha value is -2.06. The number of hydrogen-bond acceptors (Lipinski definition) is 5. The molecule has 0 radical (unpaired) electrons. The summed E-state index contributed by atoms with van der Waals surface area (Å²) < 4.78 is 17.6. The summed E-state index contributed by atoms with van der Waals surface area (Å²) in [7, 11) is -0.457. The summed E-state index contributed by atoms with van der Waals surface area (Å²) in [5.74, 6) is -0.133. The van der Waals surface area contributed by atoms with Crippen LogP contribution >= 0.6 is 0 Å². The molecule has 184 valence electrons. The lowest BCUT2D eigenvalue weighted by molar-refractivity contribution is 0.00532. The average Bonchev–Trinajstić information content (AvgIpc) is 2.91. The Balaban J connectivity index is 0.00000187. The van der Waals surface area contributed by atoms with Crippen LogP contribution in [0, 0.1) is 0 Å². The minimum Gasteiger partial charge on any atom is -0.444 e. The minimum absolute atomic E-state index is 0.0764. The molecule has 1 N–H and O–H groups in total. The topological polar surface area (TPSA) is 77.1 Å². The van der Waals surface area contributed by atoms with Crippen LogP contribution in [-0.2, 0) is 20.5 Å². The van der Waals surface area contributed by atoms with E-state index in [1.54, 1.807) is 4.90 Å². The number of benzene rings is 1. The van der Waals surface area contributed by atoms with Crippen molar-refractivity contribution in [1.29, 1.82) is 0 Å². The van der Waals surface area contributed by atoms with E-state index in [1.807, 2.05) is 87.4 Å². The summed E-state index contributed by atoms with van der Waals surface area (Å²) in [5, 5.41) is 3.02. The van der Waals surface area contributed by atoms with Crippen LogP contribution in [0.2, 0.25) is 0 Å². The standard InChI is InChI=1S/C23H35BN2O5.C2H6/c1-9-15-12-16(24-30-22(5,6)23(7,8)31-24)10-11-18(15)19(27)25-17-13-26(14-17)20(28)29-21(2,3)4;1-2/h10-12,17H,9,13-14H2,1-8H3,(H,25,27);1-2H3. The molecule has 3 rings (SSSR count). The fourth-order valence-electron chi connectivity index (χ4n) is 3.56. The number of amides is 2. The summed E-state index contributed by atoms with van der Waals surface area (Å²) >= 11 is 0. The van der Waals surface area contributed by atoms with Crippen molar-refractivity contribution < 1.29 is 23.6 Å². The number of nitrogens with zero attached hydrogens (tertiary/aromatic N) is 1. The highest BCUT2D eigenvalue weighted by molar-refractivity contribution is 6.62. The van der Waals surface area contributed by atoms with Gasteiger partial charge < -0.3 is 24.3 Å². The molecule has 0 aliphatic carbocycles. The second kappa shape index (κ2) is 10.1. The van der Waals surface area contributed by atoms with Gasteiger partial charge in [0.25, 0.3) is 5.91 Å². The highest BCUT2D eigenvalue weighted by Gasteiger charge is 2.51. The monoisotopic (exact) mass is 460 g/mol. The quantitative estimate of drug-likeness (QED) is 0.690. The molecule has 2 aliphatic rings. The largest absolute Gasteiger partial charge is 0.494 e. The smallest absolute Gasteiger partial charge is 0.444 e. The molecule has 0 aromatic heterocycles. The number of likely N-dealkylation sites (tertiary alicyclic amines) is 1. The lowest BCUT2D eigenvalue weighted by Crippen LogP contribution is -2.61. The normalized spacial score (nSPS) is 19.3. The molecule has 0 saturated carbocycles. The second-order valence-corrected chi connectivity index (χ2v) is 10.4. The molecule has 0 spiro atoms. The number of aryl methyl sites for hydroxylation is 1. The van der Waals surface area contributed by atoms with Crippen LogP contribution in [-0.4, -0.2) is 60.0 Å². The summed E-state index contributed by atoms with van der Waals surface area (Å²) in [6, 6.07) is 5.64. The van der Waals surface area contributed by atoms with E-state index in [-0.39, 0.29) is 18.0 Å². The molecule has 1 aromatic carbocycles. The number of nitrogens with one attached hydrogen (secondary N) is 1. The molecule has 1 aromatic rings. The van der Waals surface area contributed by atoms with E-state index in [4.69, 9.17) is 14.0 Å².